The summed E-state index contributed by atoms with van der Waals surface area (Å²) in [5, 5.41) is 5.67. The molecule has 2 amide bonds. The van der Waals surface area contributed by atoms with E-state index in [4.69, 9.17) is 18.6 Å². The predicted octanol–water partition coefficient (Wildman–Crippen LogP) is 4.34. The lowest BCUT2D eigenvalue weighted by Crippen LogP contribution is -2.36. The van der Waals surface area contributed by atoms with Gasteiger partial charge in [0.05, 0.1) is 33.6 Å². The molecule has 1 atom stereocenters. The first-order valence-electron chi connectivity index (χ1n) is 10.7. The second kappa shape index (κ2) is 11.6. The third-order valence-electron chi connectivity index (χ3n) is 5.20. The maximum Gasteiger partial charge on any atom is 0.268 e. The highest BCUT2D eigenvalue weighted by Gasteiger charge is 2.20. The van der Waals surface area contributed by atoms with E-state index < -0.39 is 11.8 Å². The van der Waals surface area contributed by atoms with Crippen molar-refractivity contribution in [3.63, 3.8) is 0 Å². The van der Waals surface area contributed by atoms with Crippen molar-refractivity contribution in [3.05, 3.63) is 83.4 Å². The Morgan fingerprint density at radius 1 is 0.971 bits per heavy atom. The molecule has 34 heavy (non-hydrogen) atoms. The molecule has 1 unspecified atom stereocenters. The molecule has 3 aromatic rings. The fourth-order valence-corrected chi connectivity index (χ4v) is 3.34. The highest BCUT2D eigenvalue weighted by Crippen LogP contribution is 2.31. The Kier molecular flexibility index (Phi) is 8.34. The van der Waals surface area contributed by atoms with Crippen molar-refractivity contribution >= 4 is 17.9 Å². The molecule has 3 rings (SSSR count). The Bertz CT molecular complexity index is 1140. The second-order valence-electron chi connectivity index (χ2n) is 7.30. The fraction of sp³-hybridized carbons (Fsp3) is 0.231. The van der Waals surface area contributed by atoms with Gasteiger partial charge in [-0.15, -0.1) is 0 Å². The van der Waals surface area contributed by atoms with Crippen LogP contribution >= 0.6 is 0 Å². The summed E-state index contributed by atoms with van der Waals surface area (Å²) < 4.78 is 21.2. The van der Waals surface area contributed by atoms with Crippen LogP contribution in [0.4, 0.5) is 0 Å². The molecule has 0 radical (unpaired) electrons. The Morgan fingerprint density at radius 3 is 2.29 bits per heavy atom. The molecule has 0 spiro atoms. The number of carbonyl (C=O) groups excluding carboxylic acids is 2. The van der Waals surface area contributed by atoms with E-state index in [1.807, 2.05) is 19.1 Å². The largest absolute Gasteiger partial charge is 0.497 e. The highest BCUT2D eigenvalue weighted by atomic mass is 16.5. The van der Waals surface area contributed by atoms with Crippen LogP contribution in [-0.2, 0) is 4.79 Å². The summed E-state index contributed by atoms with van der Waals surface area (Å²) in [5.74, 6) is 1.32. The lowest BCUT2D eigenvalue weighted by Gasteiger charge is -2.20. The van der Waals surface area contributed by atoms with E-state index >= 15 is 0 Å². The van der Waals surface area contributed by atoms with Crippen molar-refractivity contribution in [3.8, 4) is 17.2 Å². The lowest BCUT2D eigenvalue weighted by atomic mass is 10.0. The van der Waals surface area contributed by atoms with E-state index in [0.29, 0.717) is 35.0 Å². The summed E-state index contributed by atoms with van der Waals surface area (Å²) in [6.07, 6.45) is 3.59. The van der Waals surface area contributed by atoms with Crippen LogP contribution in [0, 0.1) is 0 Å². The lowest BCUT2D eigenvalue weighted by molar-refractivity contribution is -0.118. The summed E-state index contributed by atoms with van der Waals surface area (Å²) in [6.45, 7) is 1.95. The average molecular weight is 465 g/mol. The minimum atomic E-state index is -0.458. The zero-order valence-corrected chi connectivity index (χ0v) is 19.6. The van der Waals surface area contributed by atoms with Gasteiger partial charge >= 0.3 is 0 Å². The minimum absolute atomic E-state index is 0.0506. The molecule has 0 saturated carbocycles. The molecule has 1 heterocycles. The topological polar surface area (TPSA) is 99.0 Å². The van der Waals surface area contributed by atoms with E-state index in [9.17, 15) is 9.59 Å². The van der Waals surface area contributed by atoms with Gasteiger partial charge in [-0.1, -0.05) is 13.0 Å². The predicted molar refractivity (Wildman–Crippen MR) is 128 cm³/mol. The van der Waals surface area contributed by atoms with Crippen molar-refractivity contribution in [2.24, 2.45) is 0 Å². The van der Waals surface area contributed by atoms with Crippen LogP contribution in [-0.4, -0.2) is 33.1 Å². The number of rotatable bonds is 10. The third-order valence-corrected chi connectivity index (χ3v) is 5.20. The van der Waals surface area contributed by atoms with Crippen molar-refractivity contribution in [1.29, 1.82) is 0 Å². The zero-order valence-electron chi connectivity index (χ0n) is 19.6. The fourth-order valence-electron chi connectivity index (χ4n) is 3.34. The number of ether oxygens (including phenoxy) is 3. The molecule has 2 N–H and O–H groups in total. The molecule has 0 fully saturated rings. The maximum absolute atomic E-state index is 13.2. The number of methoxy groups -OCH3 is 3. The molecule has 0 aliphatic carbocycles. The molecule has 0 aliphatic heterocycles. The average Bonchev–Trinajstić information content (AvgIpc) is 3.39. The van der Waals surface area contributed by atoms with Crippen LogP contribution in [0.25, 0.3) is 6.08 Å². The first-order valence-corrected chi connectivity index (χ1v) is 10.7. The Morgan fingerprint density at radius 2 is 1.71 bits per heavy atom. The van der Waals surface area contributed by atoms with Crippen LogP contribution < -0.4 is 24.8 Å². The van der Waals surface area contributed by atoms with Gasteiger partial charge in [-0.25, -0.2) is 0 Å². The van der Waals surface area contributed by atoms with Gasteiger partial charge in [0.2, 0.25) is 0 Å². The van der Waals surface area contributed by atoms with Gasteiger partial charge in [-0.3, -0.25) is 9.59 Å². The van der Waals surface area contributed by atoms with Crippen LogP contribution in [0.15, 0.2) is 71.0 Å². The number of furan rings is 1. The van der Waals surface area contributed by atoms with Crippen molar-refractivity contribution in [2.45, 2.75) is 19.4 Å². The minimum Gasteiger partial charge on any atom is -0.497 e. The van der Waals surface area contributed by atoms with Gasteiger partial charge < -0.3 is 29.3 Å². The van der Waals surface area contributed by atoms with Gasteiger partial charge in [0.25, 0.3) is 11.8 Å². The normalized spacial score (nSPS) is 11.9. The smallest absolute Gasteiger partial charge is 0.268 e. The van der Waals surface area contributed by atoms with E-state index in [1.54, 1.807) is 63.8 Å². The van der Waals surface area contributed by atoms with Crippen molar-refractivity contribution in [1.82, 2.24) is 10.6 Å². The summed E-state index contributed by atoms with van der Waals surface area (Å²) in [7, 11) is 4.67. The Hall–Kier alpha value is -4.20. The van der Waals surface area contributed by atoms with Gasteiger partial charge in [0.1, 0.15) is 17.2 Å². The van der Waals surface area contributed by atoms with Crippen LogP contribution in [0.2, 0.25) is 0 Å². The van der Waals surface area contributed by atoms with E-state index in [-0.39, 0.29) is 11.7 Å². The van der Waals surface area contributed by atoms with Crippen LogP contribution in [0.3, 0.4) is 0 Å². The zero-order chi connectivity index (χ0) is 24.5. The molecular weight excluding hydrogens is 436 g/mol. The molecule has 8 nitrogen and oxygen atoms in total. The summed E-state index contributed by atoms with van der Waals surface area (Å²) >= 11 is 0. The van der Waals surface area contributed by atoms with E-state index in [2.05, 4.69) is 10.6 Å². The van der Waals surface area contributed by atoms with E-state index in [1.165, 1.54) is 12.3 Å². The number of amides is 2. The number of hydrogen-bond acceptors (Lipinski definition) is 6. The number of hydrogen-bond donors (Lipinski definition) is 2. The Balaban J connectivity index is 1.84. The van der Waals surface area contributed by atoms with E-state index in [0.717, 1.165) is 5.56 Å². The first kappa shape index (κ1) is 24.4. The number of nitrogens with one attached hydrogen (secondary N) is 2. The molecule has 8 heteroatoms. The van der Waals surface area contributed by atoms with Crippen LogP contribution in [0.1, 0.15) is 41.1 Å². The SMILES string of the molecule is CCC(NC(=O)/C(=C/c1ccco1)NC(=O)c1ccc(OC)cc1)c1ccc(OC)c(OC)c1. The van der Waals surface area contributed by atoms with Gasteiger partial charge in [0, 0.05) is 11.6 Å². The molecule has 178 valence electrons. The number of benzene rings is 2. The standard InChI is InChI=1S/C26H28N2O6/c1-5-21(18-10-13-23(32-3)24(15-18)33-4)27-26(30)22(16-20-7-6-14-34-20)28-25(29)17-8-11-19(31-2)12-9-17/h6-16,21H,5H2,1-4H3,(H,27,30)(H,28,29)/b22-16-. The molecule has 2 aromatic carbocycles. The maximum atomic E-state index is 13.2. The highest BCUT2D eigenvalue weighted by molar-refractivity contribution is 6.05. The monoisotopic (exact) mass is 464 g/mol. The van der Waals surface area contributed by atoms with Crippen molar-refractivity contribution < 1.29 is 28.2 Å². The molecule has 0 bridgehead atoms. The summed E-state index contributed by atoms with van der Waals surface area (Å²) in [4.78, 5) is 26.1. The van der Waals surface area contributed by atoms with Gasteiger partial charge in [0.15, 0.2) is 11.5 Å². The molecule has 0 saturated heterocycles. The quantitative estimate of drug-likeness (QED) is 0.433. The first-order chi connectivity index (χ1) is 16.5. The number of carbonyl (C=O) groups is 2. The van der Waals surface area contributed by atoms with Crippen LogP contribution in [0.5, 0.6) is 17.2 Å². The third kappa shape index (κ3) is 5.98. The Labute approximate surface area is 198 Å². The van der Waals surface area contributed by atoms with Gasteiger partial charge in [-0.2, -0.15) is 0 Å². The summed E-state index contributed by atoms with van der Waals surface area (Å²) in [6, 6.07) is 15.1. The second-order valence-corrected chi connectivity index (χ2v) is 7.30. The molecular formula is C26H28N2O6. The summed E-state index contributed by atoms with van der Waals surface area (Å²) in [5.41, 5.74) is 1.27. The molecule has 0 aliphatic rings. The molecule has 1 aromatic heterocycles. The van der Waals surface area contributed by atoms with Gasteiger partial charge in [-0.05, 0) is 60.5 Å². The van der Waals surface area contributed by atoms with Crippen molar-refractivity contribution in [2.75, 3.05) is 21.3 Å².